The topological polar surface area (TPSA) is 49.9 Å². The minimum Gasteiger partial charge on any atom is -0.491 e. The third-order valence-electron chi connectivity index (χ3n) is 6.18. The van der Waals surface area contributed by atoms with Crippen LogP contribution in [0.5, 0.6) is 5.75 Å². The lowest BCUT2D eigenvalue weighted by Crippen LogP contribution is -2.48. The second kappa shape index (κ2) is 10.0. The highest BCUT2D eigenvalue weighted by Crippen LogP contribution is 2.35. The highest BCUT2D eigenvalue weighted by atomic mass is 32.1. The van der Waals surface area contributed by atoms with Gasteiger partial charge in [0.25, 0.3) is 0 Å². The number of rotatable bonds is 9. The molecule has 32 heavy (non-hydrogen) atoms. The fraction of sp³-hybridized carbons (Fsp3) is 0.520. The molecule has 2 amide bonds. The van der Waals surface area contributed by atoms with Crippen molar-refractivity contribution in [3.05, 3.63) is 52.0 Å². The average Bonchev–Trinajstić information content (AvgIpc) is 3.52. The molecular weight excluding hydrogens is 427 g/mol. The van der Waals surface area contributed by atoms with Gasteiger partial charge in [-0.05, 0) is 72.9 Å². The van der Waals surface area contributed by atoms with E-state index in [1.165, 1.54) is 17.0 Å². The van der Waals surface area contributed by atoms with Gasteiger partial charge in [-0.2, -0.15) is 0 Å². The summed E-state index contributed by atoms with van der Waals surface area (Å²) >= 11 is 1.70. The van der Waals surface area contributed by atoms with Crippen LogP contribution < -0.4 is 4.74 Å². The predicted octanol–water partition coefficient (Wildman–Crippen LogP) is 4.68. The van der Waals surface area contributed by atoms with E-state index < -0.39 is 0 Å². The number of thiophene rings is 1. The molecule has 1 atom stereocenters. The zero-order valence-corrected chi connectivity index (χ0v) is 19.6. The Hall–Kier alpha value is -2.41. The van der Waals surface area contributed by atoms with Crippen molar-refractivity contribution >= 4 is 23.2 Å². The third kappa shape index (κ3) is 5.49. The van der Waals surface area contributed by atoms with Crippen LogP contribution in [0.2, 0.25) is 0 Å². The summed E-state index contributed by atoms with van der Waals surface area (Å²) in [6.07, 6.45) is 3.56. The minimum atomic E-state index is -0.311. The molecule has 0 N–H and O–H groups in total. The number of carbonyl (C=O) groups is 2. The van der Waals surface area contributed by atoms with Gasteiger partial charge in [-0.1, -0.05) is 13.8 Å². The number of amides is 2. The number of hydrogen-bond acceptors (Lipinski definition) is 4. The molecule has 0 spiro atoms. The number of carbonyl (C=O) groups excluding carboxylic acids is 2. The first kappa shape index (κ1) is 22.8. The molecule has 1 aliphatic carbocycles. The molecule has 0 bridgehead atoms. The summed E-state index contributed by atoms with van der Waals surface area (Å²) in [4.78, 5) is 31.1. The van der Waals surface area contributed by atoms with E-state index in [0.717, 1.165) is 31.2 Å². The molecule has 5 nitrogen and oxygen atoms in total. The second-order valence-corrected chi connectivity index (χ2v) is 10.1. The quantitative estimate of drug-likeness (QED) is 0.548. The Kier molecular flexibility index (Phi) is 7.13. The highest BCUT2D eigenvalue weighted by Gasteiger charge is 2.37. The van der Waals surface area contributed by atoms with Gasteiger partial charge in [0.15, 0.2) is 0 Å². The molecule has 0 radical (unpaired) electrons. The SMILES string of the molecule is CC(C)CCN(CC(=O)N1CCc2sccc2[C@H]1COc1ccc(F)cc1)C(=O)C1CC1. The van der Waals surface area contributed by atoms with Crippen LogP contribution in [0, 0.1) is 17.7 Å². The molecule has 172 valence electrons. The van der Waals surface area contributed by atoms with E-state index in [4.69, 9.17) is 4.74 Å². The minimum absolute atomic E-state index is 0.0349. The van der Waals surface area contributed by atoms with Crippen molar-refractivity contribution in [3.8, 4) is 5.75 Å². The van der Waals surface area contributed by atoms with Crippen molar-refractivity contribution in [1.29, 1.82) is 0 Å². The van der Waals surface area contributed by atoms with Gasteiger partial charge in [-0.15, -0.1) is 11.3 Å². The molecule has 2 heterocycles. The number of halogens is 1. The Morgan fingerprint density at radius 2 is 1.97 bits per heavy atom. The Morgan fingerprint density at radius 3 is 2.66 bits per heavy atom. The zero-order chi connectivity index (χ0) is 22.7. The van der Waals surface area contributed by atoms with Crippen LogP contribution in [0.3, 0.4) is 0 Å². The number of hydrogen-bond donors (Lipinski definition) is 0. The Morgan fingerprint density at radius 1 is 1.22 bits per heavy atom. The third-order valence-corrected chi connectivity index (χ3v) is 7.17. The molecule has 2 aliphatic rings. The maximum Gasteiger partial charge on any atom is 0.242 e. The highest BCUT2D eigenvalue weighted by molar-refractivity contribution is 7.10. The summed E-state index contributed by atoms with van der Waals surface area (Å²) in [5.74, 6) is 0.910. The number of nitrogens with zero attached hydrogens (tertiary/aromatic N) is 2. The van der Waals surface area contributed by atoms with Gasteiger partial charge >= 0.3 is 0 Å². The van der Waals surface area contributed by atoms with Crippen LogP contribution in [0.25, 0.3) is 0 Å². The van der Waals surface area contributed by atoms with Crippen LogP contribution >= 0.6 is 11.3 Å². The lowest BCUT2D eigenvalue weighted by Gasteiger charge is -2.37. The number of benzene rings is 1. The summed E-state index contributed by atoms with van der Waals surface area (Å²) < 4.78 is 19.2. The van der Waals surface area contributed by atoms with Crippen molar-refractivity contribution < 1.29 is 18.7 Å². The second-order valence-electron chi connectivity index (χ2n) is 9.13. The molecule has 7 heteroatoms. The molecule has 2 aromatic rings. The molecule has 4 rings (SSSR count). The smallest absolute Gasteiger partial charge is 0.242 e. The molecule has 1 aromatic carbocycles. The van der Waals surface area contributed by atoms with Crippen LogP contribution in [0.4, 0.5) is 4.39 Å². The number of fused-ring (bicyclic) bond motifs is 1. The van der Waals surface area contributed by atoms with Crippen LogP contribution in [0.15, 0.2) is 35.7 Å². The van der Waals surface area contributed by atoms with Crippen molar-refractivity contribution in [1.82, 2.24) is 9.80 Å². The van der Waals surface area contributed by atoms with Gasteiger partial charge in [0.1, 0.15) is 18.2 Å². The Balaban J connectivity index is 1.47. The maximum atomic E-state index is 13.4. The summed E-state index contributed by atoms with van der Waals surface area (Å²) in [5.41, 5.74) is 1.11. The van der Waals surface area contributed by atoms with E-state index in [2.05, 4.69) is 25.3 Å². The fourth-order valence-corrected chi connectivity index (χ4v) is 5.03. The predicted molar refractivity (Wildman–Crippen MR) is 123 cm³/mol. The van der Waals surface area contributed by atoms with E-state index in [1.54, 1.807) is 28.4 Å². The molecule has 0 unspecified atom stereocenters. The largest absolute Gasteiger partial charge is 0.491 e. The maximum absolute atomic E-state index is 13.4. The normalized spacial score (nSPS) is 17.9. The monoisotopic (exact) mass is 458 g/mol. The van der Waals surface area contributed by atoms with E-state index in [0.29, 0.717) is 31.4 Å². The van der Waals surface area contributed by atoms with Crippen molar-refractivity contribution in [3.63, 3.8) is 0 Å². The lowest BCUT2D eigenvalue weighted by molar-refractivity contribution is -0.143. The van der Waals surface area contributed by atoms with Gasteiger partial charge in [-0.3, -0.25) is 9.59 Å². The average molecular weight is 459 g/mol. The first-order chi connectivity index (χ1) is 15.4. The standard InChI is InChI=1S/C25H31FN2O3S/c1-17(2)9-12-27(25(30)18-3-4-18)15-24(29)28-13-10-23-21(11-14-32-23)22(28)16-31-20-7-5-19(26)6-8-20/h5-8,11,14,17-18,22H,3-4,9-10,12-13,15-16H2,1-2H3/t22-/m1/s1. The molecule has 1 saturated carbocycles. The van der Waals surface area contributed by atoms with Crippen LogP contribution in [0.1, 0.15) is 49.6 Å². The number of ether oxygens (including phenoxy) is 1. The lowest BCUT2D eigenvalue weighted by atomic mass is 10.00. The molecular formula is C25H31FN2O3S. The van der Waals surface area contributed by atoms with E-state index in [1.807, 2.05) is 4.90 Å². The van der Waals surface area contributed by atoms with Gasteiger partial charge < -0.3 is 14.5 Å². The summed E-state index contributed by atoms with van der Waals surface area (Å²) in [6, 6.07) is 7.77. The van der Waals surface area contributed by atoms with Gasteiger partial charge in [0, 0.05) is 23.9 Å². The van der Waals surface area contributed by atoms with Crippen LogP contribution in [-0.2, 0) is 16.0 Å². The van der Waals surface area contributed by atoms with Gasteiger partial charge in [0.05, 0.1) is 12.6 Å². The van der Waals surface area contributed by atoms with Crippen LogP contribution in [-0.4, -0.2) is 47.9 Å². The summed E-state index contributed by atoms with van der Waals surface area (Å²) in [7, 11) is 0. The molecule has 1 aliphatic heterocycles. The first-order valence-electron chi connectivity index (χ1n) is 11.4. The van der Waals surface area contributed by atoms with Crippen molar-refractivity contribution in [2.75, 3.05) is 26.2 Å². The summed E-state index contributed by atoms with van der Waals surface area (Å²) in [5, 5.41) is 2.05. The molecule has 1 fully saturated rings. The first-order valence-corrected chi connectivity index (χ1v) is 12.3. The van der Waals surface area contributed by atoms with Gasteiger partial charge in [-0.25, -0.2) is 4.39 Å². The summed E-state index contributed by atoms with van der Waals surface area (Å²) in [6.45, 7) is 5.91. The van der Waals surface area contributed by atoms with E-state index >= 15 is 0 Å². The Bertz CT molecular complexity index is 939. The van der Waals surface area contributed by atoms with E-state index in [-0.39, 0.29) is 36.1 Å². The Labute approximate surface area is 193 Å². The molecule has 0 saturated heterocycles. The zero-order valence-electron chi connectivity index (χ0n) is 18.8. The molecule has 1 aromatic heterocycles. The van der Waals surface area contributed by atoms with Crippen molar-refractivity contribution in [2.24, 2.45) is 11.8 Å². The van der Waals surface area contributed by atoms with Crippen molar-refractivity contribution in [2.45, 2.75) is 45.6 Å². The van der Waals surface area contributed by atoms with E-state index in [9.17, 15) is 14.0 Å². The fourth-order valence-electron chi connectivity index (χ4n) is 4.10. The van der Waals surface area contributed by atoms with Gasteiger partial charge in [0.2, 0.25) is 11.8 Å².